The van der Waals surface area contributed by atoms with Crippen LogP contribution in [0, 0.1) is 0 Å². The number of urea groups is 1. The molecule has 3 amide bonds. The molecule has 2 aliphatic rings. The maximum atomic E-state index is 12.4. The van der Waals surface area contributed by atoms with E-state index in [-0.39, 0.29) is 13.2 Å². The molecule has 0 spiro atoms. The molecule has 2 aliphatic heterocycles. The summed E-state index contributed by atoms with van der Waals surface area (Å²) >= 11 is 5.84. The molecule has 0 bridgehead atoms. The second-order valence-corrected chi connectivity index (χ2v) is 6.74. The number of halogens is 1. The number of benzene rings is 1. The maximum absolute atomic E-state index is 12.4. The number of guanidine groups is 1. The van der Waals surface area contributed by atoms with Crippen LogP contribution in [0.2, 0.25) is 5.02 Å². The molecule has 3 rings (SSSR count). The maximum Gasteiger partial charge on any atom is 0.325 e. The molecule has 0 saturated carbocycles. The molecule has 2 fully saturated rings. The Balaban J connectivity index is 1.68. The number of carbonyl (C=O) groups is 2. The minimum atomic E-state index is -0.876. The third-order valence-corrected chi connectivity index (χ3v) is 4.64. The first-order valence-electron chi connectivity index (χ1n) is 8.62. The predicted molar refractivity (Wildman–Crippen MR) is 99.6 cm³/mol. The minimum absolute atomic E-state index is 0.0330. The summed E-state index contributed by atoms with van der Waals surface area (Å²) in [4.78, 5) is 31.6. The molecule has 9 nitrogen and oxygen atoms in total. The average Bonchev–Trinajstić information content (AvgIpc) is 2.98. The lowest BCUT2D eigenvalue weighted by Crippen LogP contribution is -2.65. The Morgan fingerprint density at radius 2 is 2.04 bits per heavy atom. The lowest BCUT2D eigenvalue weighted by atomic mass is 10.1. The Morgan fingerprint density at radius 1 is 1.33 bits per heavy atom. The summed E-state index contributed by atoms with van der Waals surface area (Å²) in [6, 6.07) is 5.66. The summed E-state index contributed by atoms with van der Waals surface area (Å²) in [7, 11) is 1.60. The van der Waals surface area contributed by atoms with Crippen LogP contribution in [0.1, 0.15) is 6.92 Å². The Labute approximate surface area is 161 Å². The standard InChI is InChI=1S/C17H22ClN5O4/c1-3-19-16-20-14-13(15(25)21-17(26)22(14)2)23(16)8-11(24)9-27-12-6-4-10(18)5-7-12/h4-7,11,13-14,24H,3,8-9H2,1-2H3,(H,19,20)(H,21,25,26). The van der Waals surface area contributed by atoms with Gasteiger partial charge in [-0.15, -0.1) is 0 Å². The molecule has 27 heavy (non-hydrogen) atoms. The predicted octanol–water partition coefficient (Wildman–Crippen LogP) is 0.237. The van der Waals surface area contributed by atoms with Gasteiger partial charge in [0.15, 0.2) is 12.0 Å². The highest BCUT2D eigenvalue weighted by Crippen LogP contribution is 2.21. The lowest BCUT2D eigenvalue weighted by molar-refractivity contribution is -0.127. The summed E-state index contributed by atoms with van der Waals surface area (Å²) in [6.45, 7) is 2.51. The topological polar surface area (TPSA) is 106 Å². The van der Waals surface area contributed by atoms with Crippen molar-refractivity contribution >= 4 is 29.5 Å². The molecule has 2 saturated heterocycles. The molecule has 146 valence electrons. The van der Waals surface area contributed by atoms with Crippen molar-refractivity contribution in [2.24, 2.45) is 4.99 Å². The van der Waals surface area contributed by atoms with E-state index < -0.39 is 30.2 Å². The third-order valence-electron chi connectivity index (χ3n) is 4.39. The number of rotatable bonds is 6. The highest BCUT2D eigenvalue weighted by atomic mass is 35.5. The number of fused-ring (bicyclic) bond motifs is 1. The number of aliphatic hydroxyl groups is 1. The number of amides is 3. The highest BCUT2D eigenvalue weighted by molar-refractivity contribution is 6.30. The van der Waals surface area contributed by atoms with Gasteiger partial charge in [-0.05, 0) is 31.2 Å². The van der Waals surface area contributed by atoms with Crippen molar-refractivity contribution in [1.29, 1.82) is 0 Å². The van der Waals surface area contributed by atoms with Gasteiger partial charge >= 0.3 is 6.03 Å². The fourth-order valence-electron chi connectivity index (χ4n) is 3.07. The van der Waals surface area contributed by atoms with Crippen LogP contribution in [0.3, 0.4) is 0 Å². The summed E-state index contributed by atoms with van der Waals surface area (Å²) in [5.74, 6) is 0.622. The number of aliphatic imine (C=N–C) groups is 1. The molecule has 1 aromatic rings. The zero-order valence-corrected chi connectivity index (χ0v) is 15.8. The summed E-state index contributed by atoms with van der Waals surface area (Å²) < 4.78 is 5.57. The zero-order valence-electron chi connectivity index (χ0n) is 15.1. The van der Waals surface area contributed by atoms with Crippen LogP contribution in [0.25, 0.3) is 0 Å². The van der Waals surface area contributed by atoms with E-state index in [1.165, 1.54) is 4.90 Å². The number of β-amino-alcohol motifs (C(OH)–C–C–N with tert-alkyl or cyclic N) is 1. The normalized spacial score (nSPS) is 24.5. The second-order valence-electron chi connectivity index (χ2n) is 6.31. The number of nitrogens with one attached hydrogen (secondary N) is 2. The van der Waals surface area contributed by atoms with E-state index in [2.05, 4.69) is 15.6 Å². The smallest absolute Gasteiger partial charge is 0.325 e. The van der Waals surface area contributed by atoms with Gasteiger partial charge in [0.05, 0.1) is 6.54 Å². The van der Waals surface area contributed by atoms with Crippen molar-refractivity contribution in [3.8, 4) is 5.75 Å². The van der Waals surface area contributed by atoms with Gasteiger partial charge in [0, 0.05) is 18.6 Å². The highest BCUT2D eigenvalue weighted by Gasteiger charge is 2.50. The Hall–Kier alpha value is -2.52. The van der Waals surface area contributed by atoms with Crippen LogP contribution in [-0.4, -0.2) is 77.9 Å². The number of nitrogens with zero attached hydrogens (tertiary/aromatic N) is 3. The van der Waals surface area contributed by atoms with E-state index >= 15 is 0 Å². The summed E-state index contributed by atoms with van der Waals surface area (Å²) in [5, 5.41) is 16.4. The fourth-order valence-corrected chi connectivity index (χ4v) is 3.20. The van der Waals surface area contributed by atoms with E-state index in [4.69, 9.17) is 16.3 Å². The molecule has 0 aromatic heterocycles. The van der Waals surface area contributed by atoms with Crippen LogP contribution >= 0.6 is 11.6 Å². The molecule has 2 heterocycles. The van der Waals surface area contributed by atoms with Crippen molar-refractivity contribution in [2.75, 3.05) is 26.7 Å². The van der Waals surface area contributed by atoms with E-state index in [0.29, 0.717) is 23.3 Å². The van der Waals surface area contributed by atoms with Crippen molar-refractivity contribution < 1.29 is 19.4 Å². The van der Waals surface area contributed by atoms with Crippen molar-refractivity contribution in [3.63, 3.8) is 0 Å². The third kappa shape index (κ3) is 4.09. The molecule has 3 N–H and O–H groups in total. The van der Waals surface area contributed by atoms with Gasteiger partial charge in [-0.3, -0.25) is 15.1 Å². The van der Waals surface area contributed by atoms with E-state index in [1.54, 1.807) is 36.2 Å². The molecule has 10 heteroatoms. The average molecular weight is 396 g/mol. The molecule has 1 aromatic carbocycles. The number of aliphatic hydroxyl groups excluding tert-OH is 1. The number of ether oxygens (including phenoxy) is 1. The van der Waals surface area contributed by atoms with Crippen molar-refractivity contribution in [1.82, 2.24) is 20.4 Å². The zero-order chi connectivity index (χ0) is 19.6. The largest absolute Gasteiger partial charge is 0.491 e. The number of hydrogen-bond acceptors (Lipinski definition) is 5. The molecular weight excluding hydrogens is 374 g/mol. The lowest BCUT2D eigenvalue weighted by Gasteiger charge is -2.35. The van der Waals surface area contributed by atoms with Gasteiger partial charge in [0.2, 0.25) is 0 Å². The van der Waals surface area contributed by atoms with Gasteiger partial charge in [0.25, 0.3) is 5.91 Å². The first kappa shape index (κ1) is 19.2. The van der Waals surface area contributed by atoms with Gasteiger partial charge in [0.1, 0.15) is 24.6 Å². The van der Waals surface area contributed by atoms with E-state index in [1.807, 2.05) is 6.92 Å². The van der Waals surface area contributed by atoms with Crippen LogP contribution < -0.4 is 15.4 Å². The van der Waals surface area contributed by atoms with E-state index in [9.17, 15) is 14.7 Å². The number of hydrogen-bond donors (Lipinski definition) is 3. The minimum Gasteiger partial charge on any atom is -0.491 e. The fraction of sp³-hybridized carbons (Fsp3) is 0.471. The van der Waals surface area contributed by atoms with E-state index in [0.717, 1.165) is 0 Å². The van der Waals surface area contributed by atoms with Crippen molar-refractivity contribution in [3.05, 3.63) is 29.3 Å². The summed E-state index contributed by atoms with van der Waals surface area (Å²) in [5.41, 5.74) is 0. The Bertz CT molecular complexity index is 741. The van der Waals surface area contributed by atoms with Gasteiger partial charge in [-0.1, -0.05) is 11.6 Å². The molecule has 0 radical (unpaired) electrons. The SMILES string of the molecule is CCN=C1NC2C(C(=O)NC(=O)N2C)N1CC(O)COc1ccc(Cl)cc1. The second kappa shape index (κ2) is 8.01. The molecule has 3 atom stereocenters. The number of imide groups is 1. The monoisotopic (exact) mass is 395 g/mol. The quantitative estimate of drug-likeness (QED) is 0.637. The van der Waals surface area contributed by atoms with Crippen LogP contribution in [-0.2, 0) is 4.79 Å². The molecule has 0 aliphatic carbocycles. The van der Waals surface area contributed by atoms with Crippen LogP contribution in [0.5, 0.6) is 5.75 Å². The number of carbonyl (C=O) groups excluding carboxylic acids is 2. The van der Waals surface area contributed by atoms with Gasteiger partial charge < -0.3 is 25.0 Å². The Morgan fingerprint density at radius 3 is 2.70 bits per heavy atom. The Kier molecular flexibility index (Phi) is 5.71. The van der Waals surface area contributed by atoms with Gasteiger partial charge in [-0.2, -0.15) is 0 Å². The number of likely N-dealkylation sites (N-methyl/N-ethyl adjacent to an activating group) is 1. The summed E-state index contributed by atoms with van der Waals surface area (Å²) in [6.07, 6.45) is -1.42. The van der Waals surface area contributed by atoms with Gasteiger partial charge in [-0.25, -0.2) is 4.79 Å². The first-order valence-corrected chi connectivity index (χ1v) is 9.00. The van der Waals surface area contributed by atoms with Crippen molar-refractivity contribution in [2.45, 2.75) is 25.2 Å². The van der Waals surface area contributed by atoms with Crippen LogP contribution in [0.15, 0.2) is 29.3 Å². The molecular formula is C17H22ClN5O4. The molecule has 3 unspecified atom stereocenters. The first-order chi connectivity index (χ1) is 12.9. The van der Waals surface area contributed by atoms with Crippen LogP contribution in [0.4, 0.5) is 4.79 Å².